The molecule has 2 aromatic rings. The van der Waals surface area contributed by atoms with Crippen LogP contribution in [0.4, 0.5) is 0 Å². The average molecular weight is 492 g/mol. The van der Waals surface area contributed by atoms with Crippen molar-refractivity contribution < 1.29 is 33.0 Å². The number of pyridine rings is 1. The normalized spacial score (nSPS) is 28.2. The maximum absolute atomic E-state index is 11.9. The first-order valence-corrected chi connectivity index (χ1v) is 11.2. The Morgan fingerprint density at radius 2 is 2.10 bits per heavy atom. The number of imidazole rings is 1. The van der Waals surface area contributed by atoms with Gasteiger partial charge >= 0.3 is 5.97 Å². The fourth-order valence-corrected chi connectivity index (χ4v) is 4.50. The zero-order valence-electron chi connectivity index (χ0n) is 16.9. The zero-order valence-corrected chi connectivity index (χ0v) is 19.3. The summed E-state index contributed by atoms with van der Waals surface area (Å²) in [6.45, 7) is 5.33. The van der Waals surface area contributed by atoms with Crippen LogP contribution in [0, 0.1) is 0 Å². The molecule has 0 saturated carbocycles. The molecule has 13 heteroatoms. The van der Waals surface area contributed by atoms with Crippen molar-refractivity contribution in [3.63, 3.8) is 0 Å². The summed E-state index contributed by atoms with van der Waals surface area (Å²) in [4.78, 5) is 20.2. The lowest BCUT2D eigenvalue weighted by Crippen LogP contribution is -2.35. The molecule has 10 nitrogen and oxygen atoms in total. The summed E-state index contributed by atoms with van der Waals surface area (Å²) in [5.74, 6) is -2.83. The van der Waals surface area contributed by atoms with Gasteiger partial charge in [-0.05, 0) is 20.8 Å². The van der Waals surface area contributed by atoms with Gasteiger partial charge in [-0.15, -0.1) is 0 Å². The highest BCUT2D eigenvalue weighted by Gasteiger charge is 2.56. The Bertz CT molecular complexity index is 1000. The predicted octanol–water partition coefficient (Wildman–Crippen LogP) is 3.35. The number of fused-ring (bicyclic) bond motifs is 2. The van der Waals surface area contributed by atoms with Gasteiger partial charge in [0, 0.05) is 6.07 Å². The molecule has 5 atom stereocenters. The van der Waals surface area contributed by atoms with E-state index in [1.54, 1.807) is 37.7 Å². The smallest absolute Gasteiger partial charge is 0.347 e. The lowest BCUT2D eigenvalue weighted by atomic mass is 10.1. The van der Waals surface area contributed by atoms with Gasteiger partial charge in [0.05, 0.1) is 25.1 Å². The zero-order chi connectivity index (χ0) is 22.3. The summed E-state index contributed by atoms with van der Waals surface area (Å²) >= 11 is 12.2. The Kier molecular flexibility index (Phi) is 6.52. The van der Waals surface area contributed by atoms with E-state index in [0.717, 1.165) is 0 Å². The highest BCUT2D eigenvalue weighted by Crippen LogP contribution is 2.44. The third-order valence-electron chi connectivity index (χ3n) is 4.89. The predicted molar refractivity (Wildman–Crippen MR) is 109 cm³/mol. The number of carbonyl (C=O) groups excluding carboxylic acids is 1. The van der Waals surface area contributed by atoms with Crippen LogP contribution in [0.15, 0.2) is 12.4 Å². The molecule has 31 heavy (non-hydrogen) atoms. The van der Waals surface area contributed by atoms with Crippen molar-refractivity contribution in [2.24, 2.45) is 0 Å². The summed E-state index contributed by atoms with van der Waals surface area (Å²) in [5, 5.41) is 0.385. The van der Waals surface area contributed by atoms with Gasteiger partial charge < -0.3 is 28.3 Å². The van der Waals surface area contributed by atoms with Crippen LogP contribution in [0.3, 0.4) is 0 Å². The van der Waals surface area contributed by atoms with E-state index in [4.69, 9.17) is 46.9 Å². The topological polar surface area (TPSA) is 111 Å². The molecule has 0 amide bonds. The average Bonchev–Trinajstić information content (AvgIpc) is 3.34. The molecule has 2 saturated heterocycles. The molecular formula is C18H20Cl2N3O7P. The van der Waals surface area contributed by atoms with E-state index < -0.39 is 50.6 Å². The second kappa shape index (κ2) is 8.86. The molecule has 0 N–H and O–H groups in total. The number of nitrogens with zero attached hydrogens (tertiary/aromatic N) is 3. The van der Waals surface area contributed by atoms with Crippen molar-refractivity contribution in [2.45, 2.75) is 56.9 Å². The monoisotopic (exact) mass is 491 g/mol. The Morgan fingerprint density at radius 1 is 1.35 bits per heavy atom. The van der Waals surface area contributed by atoms with E-state index in [2.05, 4.69) is 9.97 Å². The minimum Gasteiger partial charge on any atom is -0.463 e. The third kappa shape index (κ3) is 4.43. The summed E-state index contributed by atoms with van der Waals surface area (Å²) in [6, 6.07) is 1.63. The lowest BCUT2D eigenvalue weighted by Gasteiger charge is -2.25. The van der Waals surface area contributed by atoms with Gasteiger partial charge in [0.2, 0.25) is 5.85 Å². The minimum absolute atomic E-state index is 0.0640. The van der Waals surface area contributed by atoms with E-state index >= 15 is 0 Å². The van der Waals surface area contributed by atoms with Crippen molar-refractivity contribution in [3.05, 3.63) is 22.7 Å². The van der Waals surface area contributed by atoms with Crippen molar-refractivity contribution in [2.75, 3.05) is 13.2 Å². The molecule has 4 heterocycles. The molecule has 168 valence electrons. The van der Waals surface area contributed by atoms with Crippen molar-refractivity contribution >= 4 is 48.7 Å². The number of halogens is 2. The lowest BCUT2D eigenvalue weighted by molar-refractivity contribution is -0.203. The van der Waals surface area contributed by atoms with Gasteiger partial charge in [0.1, 0.15) is 29.0 Å². The van der Waals surface area contributed by atoms with Gasteiger partial charge in [0.25, 0.3) is 0 Å². The highest BCUT2D eigenvalue weighted by atomic mass is 35.5. The van der Waals surface area contributed by atoms with Crippen LogP contribution in [-0.4, -0.2) is 63.7 Å². The van der Waals surface area contributed by atoms with Gasteiger partial charge in [0.15, 0.2) is 25.6 Å². The van der Waals surface area contributed by atoms with E-state index in [0.29, 0.717) is 11.0 Å². The first-order valence-electron chi connectivity index (χ1n) is 9.54. The SMILES string of the molecule is CCOC(=O)C(OC[C@H]1O[C@@H](n2cnc3c(Cl)nc(Cl)cc32)[C@@H]2OC(C)(C)O[C@@H]21)P=O. The van der Waals surface area contributed by atoms with Crippen LogP contribution in [0.2, 0.25) is 10.3 Å². The number of aromatic nitrogens is 3. The van der Waals surface area contributed by atoms with Gasteiger partial charge in [-0.25, -0.2) is 14.8 Å². The van der Waals surface area contributed by atoms with Crippen molar-refractivity contribution in [3.8, 4) is 0 Å². The molecule has 0 aliphatic carbocycles. The highest BCUT2D eigenvalue weighted by molar-refractivity contribution is 7.26. The number of esters is 1. The first kappa shape index (κ1) is 22.8. The first-order chi connectivity index (χ1) is 14.7. The van der Waals surface area contributed by atoms with Crippen molar-refractivity contribution in [1.82, 2.24) is 14.5 Å². The summed E-state index contributed by atoms with van der Waals surface area (Å²) < 4.78 is 41.8. The molecule has 0 aromatic carbocycles. The van der Waals surface area contributed by atoms with Crippen LogP contribution in [0.5, 0.6) is 0 Å². The molecule has 2 aliphatic heterocycles. The van der Waals surface area contributed by atoms with Gasteiger partial charge in [-0.2, -0.15) is 0 Å². The van der Waals surface area contributed by atoms with Crippen molar-refractivity contribution in [1.29, 1.82) is 0 Å². The summed E-state index contributed by atoms with van der Waals surface area (Å²) in [6.07, 6.45) is -0.688. The number of hydrogen-bond acceptors (Lipinski definition) is 9. The van der Waals surface area contributed by atoms with E-state index in [9.17, 15) is 9.36 Å². The van der Waals surface area contributed by atoms with Crippen LogP contribution in [0.25, 0.3) is 11.0 Å². The number of carbonyl (C=O) groups is 1. The fraction of sp³-hybridized carbons (Fsp3) is 0.611. The van der Waals surface area contributed by atoms with Crippen LogP contribution in [0.1, 0.15) is 27.0 Å². The molecule has 2 aliphatic rings. The fourth-order valence-electron chi connectivity index (χ4n) is 3.73. The Labute approximate surface area is 189 Å². The maximum Gasteiger partial charge on any atom is 0.347 e. The van der Waals surface area contributed by atoms with Crippen LogP contribution < -0.4 is 0 Å². The Hall–Kier alpha value is -1.39. The third-order valence-corrected chi connectivity index (χ3v) is 5.90. The Morgan fingerprint density at radius 3 is 2.81 bits per heavy atom. The van der Waals surface area contributed by atoms with E-state index in [1.165, 1.54) is 0 Å². The number of ether oxygens (including phenoxy) is 5. The van der Waals surface area contributed by atoms with E-state index in [-0.39, 0.29) is 23.5 Å². The second-order valence-electron chi connectivity index (χ2n) is 7.43. The molecule has 2 aromatic heterocycles. The molecule has 0 spiro atoms. The number of rotatable bonds is 7. The van der Waals surface area contributed by atoms with E-state index in [1.807, 2.05) is 0 Å². The minimum atomic E-state index is -1.26. The molecular weight excluding hydrogens is 472 g/mol. The van der Waals surface area contributed by atoms with Crippen LogP contribution >= 0.6 is 31.7 Å². The molecule has 2 fully saturated rings. The van der Waals surface area contributed by atoms with Gasteiger partial charge in [-0.1, -0.05) is 23.2 Å². The molecule has 1 unspecified atom stereocenters. The molecule has 4 rings (SSSR count). The standard InChI is InChI=1S/C18H20Cl2N3O7P/c1-4-26-16(24)17(31-25)27-6-9-12-13(30-18(2,3)29-12)15(28-9)23-7-21-11-8(23)5-10(19)22-14(11)20/h5,7,9,12-13,15,17H,4,6H2,1-3H3/t9-,12-,13-,15-,17?/m1/s1. The van der Waals surface area contributed by atoms with Crippen LogP contribution in [-0.2, 0) is 33.0 Å². The van der Waals surface area contributed by atoms with Gasteiger partial charge in [-0.3, -0.25) is 4.57 Å². The molecule has 0 radical (unpaired) electrons. The maximum atomic E-state index is 11.9. The quantitative estimate of drug-likeness (QED) is 0.326. The summed E-state index contributed by atoms with van der Waals surface area (Å²) in [7, 11) is -0.506. The largest absolute Gasteiger partial charge is 0.463 e. The summed E-state index contributed by atoms with van der Waals surface area (Å²) in [5.41, 5.74) is 1.09. The second-order valence-corrected chi connectivity index (χ2v) is 8.85. The Balaban J connectivity index is 1.59. The number of hydrogen-bond donors (Lipinski definition) is 0. The molecule has 0 bridgehead atoms.